The smallest absolute Gasteiger partial charge is 0.223 e. The third kappa shape index (κ3) is 4.09. The Morgan fingerprint density at radius 3 is 2.33 bits per heavy atom. The largest absolute Gasteiger partial charge is 0.378 e. The normalized spacial score (nSPS) is 27.3. The van der Waals surface area contributed by atoms with E-state index < -0.39 is 0 Å². The van der Waals surface area contributed by atoms with Gasteiger partial charge in [-0.1, -0.05) is 6.92 Å². The van der Waals surface area contributed by atoms with Crippen molar-refractivity contribution in [2.45, 2.75) is 51.0 Å². The first kappa shape index (κ1) is 17.7. The minimum atomic E-state index is -0.112. The van der Waals surface area contributed by atoms with Crippen LogP contribution in [0.3, 0.4) is 0 Å². The maximum absolute atomic E-state index is 12.5. The Labute approximate surface area is 144 Å². The van der Waals surface area contributed by atoms with Gasteiger partial charge in [-0.05, 0) is 31.6 Å². The molecule has 6 nitrogen and oxygen atoms in total. The maximum atomic E-state index is 12.5. The van der Waals surface area contributed by atoms with Gasteiger partial charge in [0.15, 0.2) is 0 Å². The summed E-state index contributed by atoms with van der Waals surface area (Å²) in [5.41, 5.74) is -0.112. The van der Waals surface area contributed by atoms with Crippen LogP contribution >= 0.6 is 0 Å². The first-order chi connectivity index (χ1) is 11.6. The summed E-state index contributed by atoms with van der Waals surface area (Å²) < 4.78 is 11.5. The maximum Gasteiger partial charge on any atom is 0.223 e. The summed E-state index contributed by atoms with van der Waals surface area (Å²) in [5.74, 6) is 0.904. The minimum Gasteiger partial charge on any atom is -0.378 e. The van der Waals surface area contributed by atoms with E-state index in [1.807, 2.05) is 16.7 Å². The molecule has 3 fully saturated rings. The SMILES string of the molecule is CCC(=O)N1CCC2(CC1)CC(CC(=O)N1CCOCC1)CCO2. The van der Waals surface area contributed by atoms with Gasteiger partial charge >= 0.3 is 0 Å². The lowest BCUT2D eigenvalue weighted by molar-refractivity contribution is -0.150. The zero-order valence-corrected chi connectivity index (χ0v) is 14.8. The molecule has 0 aromatic rings. The van der Waals surface area contributed by atoms with Crippen LogP contribution in [0.2, 0.25) is 0 Å². The molecular weight excluding hydrogens is 308 g/mol. The number of carbonyl (C=O) groups is 2. The van der Waals surface area contributed by atoms with Crippen molar-refractivity contribution >= 4 is 11.8 Å². The Balaban J connectivity index is 1.51. The number of carbonyl (C=O) groups excluding carboxylic acids is 2. The molecule has 3 rings (SSSR count). The molecule has 0 aromatic carbocycles. The van der Waals surface area contributed by atoms with Crippen LogP contribution in [0.15, 0.2) is 0 Å². The lowest BCUT2D eigenvalue weighted by Crippen LogP contribution is -2.51. The fourth-order valence-corrected chi connectivity index (χ4v) is 4.23. The molecule has 0 aromatic heterocycles. The van der Waals surface area contributed by atoms with Gasteiger partial charge in [-0.3, -0.25) is 9.59 Å². The van der Waals surface area contributed by atoms with E-state index in [0.717, 1.165) is 58.5 Å². The van der Waals surface area contributed by atoms with Crippen molar-refractivity contribution in [3.8, 4) is 0 Å². The van der Waals surface area contributed by atoms with E-state index in [4.69, 9.17) is 9.47 Å². The zero-order chi connectivity index (χ0) is 17.0. The highest BCUT2D eigenvalue weighted by Gasteiger charge is 2.41. The molecular formula is C18H30N2O4. The van der Waals surface area contributed by atoms with E-state index in [9.17, 15) is 9.59 Å². The monoisotopic (exact) mass is 338 g/mol. The average molecular weight is 338 g/mol. The molecule has 1 spiro atoms. The van der Waals surface area contributed by atoms with Crippen LogP contribution in [0.4, 0.5) is 0 Å². The van der Waals surface area contributed by atoms with Crippen LogP contribution < -0.4 is 0 Å². The number of ether oxygens (including phenoxy) is 2. The second kappa shape index (κ2) is 7.83. The molecule has 0 aliphatic carbocycles. The average Bonchev–Trinajstić information content (AvgIpc) is 2.62. The highest BCUT2D eigenvalue weighted by atomic mass is 16.5. The van der Waals surface area contributed by atoms with Crippen LogP contribution in [0.25, 0.3) is 0 Å². The zero-order valence-electron chi connectivity index (χ0n) is 14.8. The van der Waals surface area contributed by atoms with E-state index in [1.54, 1.807) is 0 Å². The molecule has 6 heteroatoms. The van der Waals surface area contributed by atoms with Crippen LogP contribution in [0.5, 0.6) is 0 Å². The van der Waals surface area contributed by atoms with E-state index in [1.165, 1.54) is 0 Å². The van der Waals surface area contributed by atoms with E-state index in [0.29, 0.717) is 32.0 Å². The highest BCUT2D eigenvalue weighted by molar-refractivity contribution is 5.76. The van der Waals surface area contributed by atoms with E-state index >= 15 is 0 Å². The Morgan fingerprint density at radius 2 is 1.67 bits per heavy atom. The predicted octanol–water partition coefficient (Wildman–Crippen LogP) is 1.43. The summed E-state index contributed by atoms with van der Waals surface area (Å²) in [6.45, 7) is 6.99. The van der Waals surface area contributed by atoms with Crippen molar-refractivity contribution in [2.24, 2.45) is 5.92 Å². The molecule has 0 N–H and O–H groups in total. The number of nitrogens with zero attached hydrogens (tertiary/aromatic N) is 2. The van der Waals surface area contributed by atoms with Crippen molar-refractivity contribution in [1.82, 2.24) is 9.80 Å². The van der Waals surface area contributed by atoms with Gasteiger partial charge in [0.25, 0.3) is 0 Å². The summed E-state index contributed by atoms with van der Waals surface area (Å²) in [6, 6.07) is 0. The Morgan fingerprint density at radius 1 is 1.00 bits per heavy atom. The molecule has 0 bridgehead atoms. The third-order valence-electron chi connectivity index (χ3n) is 5.75. The van der Waals surface area contributed by atoms with Gasteiger partial charge in [0.2, 0.25) is 11.8 Å². The summed E-state index contributed by atoms with van der Waals surface area (Å²) in [6.07, 6.45) is 4.93. The molecule has 1 atom stereocenters. The lowest BCUT2D eigenvalue weighted by Gasteiger charge is -2.46. The van der Waals surface area contributed by atoms with Gasteiger partial charge in [-0.2, -0.15) is 0 Å². The number of morpholine rings is 1. The molecule has 3 heterocycles. The summed E-state index contributed by atoms with van der Waals surface area (Å²) in [5, 5.41) is 0. The summed E-state index contributed by atoms with van der Waals surface area (Å²) >= 11 is 0. The fraction of sp³-hybridized carbons (Fsp3) is 0.889. The van der Waals surface area contributed by atoms with Gasteiger partial charge in [0.1, 0.15) is 0 Å². The highest BCUT2D eigenvalue weighted by Crippen LogP contribution is 2.39. The molecule has 0 radical (unpaired) electrons. The van der Waals surface area contributed by atoms with E-state index in [-0.39, 0.29) is 17.4 Å². The predicted molar refractivity (Wildman–Crippen MR) is 89.5 cm³/mol. The first-order valence-corrected chi connectivity index (χ1v) is 9.39. The van der Waals surface area contributed by atoms with Crippen LogP contribution in [-0.4, -0.2) is 73.2 Å². The van der Waals surface area contributed by atoms with Gasteiger partial charge < -0.3 is 19.3 Å². The first-order valence-electron chi connectivity index (χ1n) is 9.39. The van der Waals surface area contributed by atoms with Crippen molar-refractivity contribution < 1.29 is 19.1 Å². The van der Waals surface area contributed by atoms with E-state index in [2.05, 4.69) is 0 Å². The Kier molecular flexibility index (Phi) is 5.76. The second-order valence-electron chi connectivity index (χ2n) is 7.32. The van der Waals surface area contributed by atoms with Crippen molar-refractivity contribution in [2.75, 3.05) is 46.0 Å². The lowest BCUT2D eigenvalue weighted by atomic mass is 9.78. The molecule has 1 unspecified atom stereocenters. The van der Waals surface area contributed by atoms with Gasteiger partial charge in [-0.15, -0.1) is 0 Å². The molecule has 24 heavy (non-hydrogen) atoms. The van der Waals surface area contributed by atoms with Crippen molar-refractivity contribution in [3.05, 3.63) is 0 Å². The molecule has 3 aliphatic heterocycles. The molecule has 2 amide bonds. The number of hydrogen-bond donors (Lipinski definition) is 0. The Bertz CT molecular complexity index is 454. The van der Waals surface area contributed by atoms with Crippen molar-refractivity contribution in [1.29, 1.82) is 0 Å². The number of piperidine rings is 1. The van der Waals surface area contributed by atoms with Crippen LogP contribution in [0.1, 0.15) is 45.4 Å². The minimum absolute atomic E-state index is 0.112. The molecule has 136 valence electrons. The molecule has 3 saturated heterocycles. The van der Waals surface area contributed by atoms with Crippen LogP contribution in [-0.2, 0) is 19.1 Å². The Hall–Kier alpha value is -1.14. The van der Waals surface area contributed by atoms with Gasteiger partial charge in [-0.25, -0.2) is 0 Å². The topological polar surface area (TPSA) is 59.1 Å². The second-order valence-corrected chi connectivity index (χ2v) is 7.32. The molecule has 0 saturated carbocycles. The number of amides is 2. The number of likely N-dealkylation sites (tertiary alicyclic amines) is 1. The third-order valence-corrected chi connectivity index (χ3v) is 5.75. The van der Waals surface area contributed by atoms with Gasteiger partial charge in [0.05, 0.1) is 18.8 Å². The fourth-order valence-electron chi connectivity index (χ4n) is 4.23. The number of hydrogen-bond acceptors (Lipinski definition) is 4. The van der Waals surface area contributed by atoms with Crippen molar-refractivity contribution in [3.63, 3.8) is 0 Å². The summed E-state index contributed by atoms with van der Waals surface area (Å²) in [4.78, 5) is 28.2. The van der Waals surface area contributed by atoms with Crippen LogP contribution in [0, 0.1) is 5.92 Å². The van der Waals surface area contributed by atoms with Gasteiger partial charge in [0, 0.05) is 45.6 Å². The standard InChI is InChI=1S/C18H30N2O4/c1-2-16(21)19-6-4-18(5-7-19)14-15(3-10-24-18)13-17(22)20-8-11-23-12-9-20/h15H,2-14H2,1H3. The quantitative estimate of drug-likeness (QED) is 0.781. The molecule has 3 aliphatic rings. The number of rotatable bonds is 3. The summed E-state index contributed by atoms with van der Waals surface area (Å²) in [7, 11) is 0.